The van der Waals surface area contributed by atoms with Gasteiger partial charge in [0, 0.05) is 6.54 Å². The van der Waals surface area contributed by atoms with E-state index in [0.29, 0.717) is 10.6 Å². The molecule has 3 aromatic rings. The molecule has 0 spiro atoms. The Morgan fingerprint density at radius 3 is 2.54 bits per heavy atom. The van der Waals surface area contributed by atoms with E-state index in [9.17, 15) is 13.6 Å². The molecule has 0 aliphatic rings. The number of carbonyl (C=O) groups excluding carboxylic acids is 1. The molecule has 2 aromatic carbocycles. The molecule has 3 rings (SSSR count). The summed E-state index contributed by atoms with van der Waals surface area (Å²) in [7, 11) is 0. The lowest BCUT2D eigenvalue weighted by Gasteiger charge is -2.02. The first-order valence-electron chi connectivity index (χ1n) is 7.50. The van der Waals surface area contributed by atoms with Gasteiger partial charge in [-0.05, 0) is 41.5 Å². The monoisotopic (exact) mass is 391 g/mol. The summed E-state index contributed by atoms with van der Waals surface area (Å²) in [5.41, 5.74) is 1.33. The van der Waals surface area contributed by atoms with Gasteiger partial charge in [0.25, 0.3) is 5.91 Å². The Hall–Kier alpha value is -2.64. The molecule has 1 aromatic heterocycles. The lowest BCUT2D eigenvalue weighted by atomic mass is 10.2. The van der Waals surface area contributed by atoms with Gasteiger partial charge in [-0.15, -0.1) is 10.2 Å². The van der Waals surface area contributed by atoms with Gasteiger partial charge >= 0.3 is 0 Å². The molecule has 26 heavy (non-hydrogen) atoms. The molecular weight excluding hydrogens is 380 g/mol. The van der Waals surface area contributed by atoms with Crippen LogP contribution in [-0.2, 0) is 6.54 Å². The smallest absolute Gasteiger partial charge is 0.282 e. The number of amides is 1. The molecule has 1 heterocycles. The molecule has 0 atom stereocenters. The van der Waals surface area contributed by atoms with Gasteiger partial charge in [-0.1, -0.05) is 47.2 Å². The molecule has 8 heteroatoms. The number of hydrogen-bond acceptors (Lipinski definition) is 4. The number of benzene rings is 2. The van der Waals surface area contributed by atoms with Gasteiger partial charge in [0.15, 0.2) is 5.01 Å². The zero-order chi connectivity index (χ0) is 18.5. The van der Waals surface area contributed by atoms with Crippen LogP contribution in [0.4, 0.5) is 8.78 Å². The number of halogens is 3. The summed E-state index contributed by atoms with van der Waals surface area (Å²) in [4.78, 5) is 12.1. The third kappa shape index (κ3) is 4.71. The zero-order valence-corrected chi connectivity index (χ0v) is 14.8. The van der Waals surface area contributed by atoms with Crippen molar-refractivity contribution in [2.24, 2.45) is 0 Å². The predicted molar refractivity (Wildman–Crippen MR) is 97.6 cm³/mol. The minimum absolute atomic E-state index is 0.146. The summed E-state index contributed by atoms with van der Waals surface area (Å²) >= 11 is 7.20. The summed E-state index contributed by atoms with van der Waals surface area (Å²) < 4.78 is 26.1. The van der Waals surface area contributed by atoms with Gasteiger partial charge in [-0.25, -0.2) is 8.78 Å². The van der Waals surface area contributed by atoms with Gasteiger partial charge in [-0.2, -0.15) is 0 Å². The lowest BCUT2D eigenvalue weighted by Crippen LogP contribution is -2.22. The number of nitrogens with zero attached hydrogens (tertiary/aromatic N) is 2. The quantitative estimate of drug-likeness (QED) is 0.697. The van der Waals surface area contributed by atoms with Crippen LogP contribution in [0.5, 0.6) is 0 Å². The molecule has 0 fully saturated rings. The second-order valence-corrected chi connectivity index (χ2v) is 6.65. The maximum atomic E-state index is 13.2. The van der Waals surface area contributed by atoms with Crippen LogP contribution in [0.25, 0.3) is 11.1 Å². The number of aromatic nitrogens is 2. The van der Waals surface area contributed by atoms with Crippen LogP contribution >= 0.6 is 22.9 Å². The van der Waals surface area contributed by atoms with Crippen molar-refractivity contribution < 1.29 is 13.6 Å². The van der Waals surface area contributed by atoms with E-state index in [1.807, 2.05) is 0 Å². The van der Waals surface area contributed by atoms with Crippen LogP contribution in [0.1, 0.15) is 25.9 Å². The molecule has 0 saturated carbocycles. The normalized spacial score (nSPS) is 11.4. The maximum absolute atomic E-state index is 13.2. The van der Waals surface area contributed by atoms with Crippen molar-refractivity contribution in [2.45, 2.75) is 6.54 Å². The molecule has 0 unspecified atom stereocenters. The number of carbonyl (C=O) groups is 1. The molecule has 132 valence electrons. The van der Waals surface area contributed by atoms with Crippen LogP contribution in [-0.4, -0.2) is 16.1 Å². The summed E-state index contributed by atoms with van der Waals surface area (Å²) in [5, 5.41) is 11.1. The molecule has 0 aliphatic heterocycles. The van der Waals surface area contributed by atoms with Crippen LogP contribution in [0, 0.1) is 11.6 Å². The lowest BCUT2D eigenvalue weighted by molar-refractivity contribution is 0.0950. The van der Waals surface area contributed by atoms with Gasteiger partial charge in [0.05, 0.1) is 5.03 Å². The number of rotatable bonds is 5. The van der Waals surface area contributed by atoms with E-state index in [4.69, 9.17) is 11.6 Å². The fraction of sp³-hybridized carbons (Fsp3) is 0.0556. The van der Waals surface area contributed by atoms with Gasteiger partial charge < -0.3 is 5.32 Å². The molecule has 0 bridgehead atoms. The van der Waals surface area contributed by atoms with Crippen LogP contribution in [0.2, 0.25) is 0 Å². The Bertz CT molecular complexity index is 957. The Labute approximate surface area is 157 Å². The first-order chi connectivity index (χ1) is 12.5. The van der Waals surface area contributed by atoms with Crippen molar-refractivity contribution in [1.29, 1.82) is 0 Å². The van der Waals surface area contributed by atoms with Crippen molar-refractivity contribution in [1.82, 2.24) is 15.5 Å². The Balaban J connectivity index is 1.66. The summed E-state index contributed by atoms with van der Waals surface area (Å²) in [6, 6.07) is 11.7. The highest BCUT2D eigenvalue weighted by Gasteiger charge is 2.14. The van der Waals surface area contributed by atoms with E-state index in [1.165, 1.54) is 24.3 Å². The summed E-state index contributed by atoms with van der Waals surface area (Å²) in [6.45, 7) is 0.237. The van der Waals surface area contributed by atoms with Gasteiger partial charge in [0.2, 0.25) is 5.01 Å². The minimum Gasteiger partial charge on any atom is -0.346 e. The fourth-order valence-electron chi connectivity index (χ4n) is 2.08. The summed E-state index contributed by atoms with van der Waals surface area (Å²) in [6.07, 6.45) is 1.55. The largest absolute Gasteiger partial charge is 0.346 e. The predicted octanol–water partition coefficient (Wildman–Crippen LogP) is 4.48. The minimum atomic E-state index is -0.409. The van der Waals surface area contributed by atoms with Crippen molar-refractivity contribution in [3.63, 3.8) is 0 Å². The summed E-state index contributed by atoms with van der Waals surface area (Å²) in [5.74, 6) is -1.12. The van der Waals surface area contributed by atoms with E-state index in [1.54, 1.807) is 30.3 Å². The number of nitrogens with one attached hydrogen (secondary N) is 1. The van der Waals surface area contributed by atoms with Crippen molar-refractivity contribution in [3.8, 4) is 0 Å². The topological polar surface area (TPSA) is 54.9 Å². The molecule has 0 saturated heterocycles. The standard InChI is InChI=1S/C18H12ClF2N3OS/c19-15(9-12-2-1-3-14(21)8-12)17-23-24-18(26-17)16(25)22-10-11-4-6-13(20)7-5-11/h1-9H,10H2,(H,22,25)/b15-9-. The molecular formula is C18H12ClF2N3OS. The molecule has 1 amide bonds. The van der Waals surface area contributed by atoms with Crippen LogP contribution in [0.15, 0.2) is 48.5 Å². The first-order valence-corrected chi connectivity index (χ1v) is 8.70. The second kappa shape index (κ2) is 8.16. The molecule has 0 radical (unpaired) electrons. The fourth-order valence-corrected chi connectivity index (χ4v) is 3.02. The average Bonchev–Trinajstić information content (AvgIpc) is 3.11. The van der Waals surface area contributed by atoms with E-state index in [2.05, 4.69) is 15.5 Å². The Morgan fingerprint density at radius 2 is 1.81 bits per heavy atom. The average molecular weight is 392 g/mol. The number of hydrogen-bond donors (Lipinski definition) is 1. The van der Waals surface area contributed by atoms with Gasteiger partial charge in [0.1, 0.15) is 11.6 Å². The maximum Gasteiger partial charge on any atom is 0.282 e. The van der Waals surface area contributed by atoms with E-state index in [-0.39, 0.29) is 28.2 Å². The highest BCUT2D eigenvalue weighted by molar-refractivity contribution is 7.15. The third-order valence-electron chi connectivity index (χ3n) is 3.33. The highest BCUT2D eigenvalue weighted by atomic mass is 35.5. The molecule has 0 aliphatic carbocycles. The van der Waals surface area contributed by atoms with E-state index >= 15 is 0 Å². The second-order valence-electron chi connectivity index (χ2n) is 5.27. The van der Waals surface area contributed by atoms with E-state index in [0.717, 1.165) is 16.9 Å². The molecule has 4 nitrogen and oxygen atoms in total. The van der Waals surface area contributed by atoms with E-state index < -0.39 is 5.91 Å². The zero-order valence-electron chi connectivity index (χ0n) is 13.2. The Kier molecular flexibility index (Phi) is 5.70. The SMILES string of the molecule is O=C(NCc1ccc(F)cc1)c1nnc(/C(Cl)=C/c2cccc(F)c2)s1. The first kappa shape index (κ1) is 18.2. The van der Waals surface area contributed by atoms with Crippen LogP contribution < -0.4 is 5.32 Å². The molecule has 1 N–H and O–H groups in total. The third-order valence-corrected chi connectivity index (χ3v) is 4.69. The Morgan fingerprint density at radius 1 is 1.08 bits per heavy atom. The van der Waals surface area contributed by atoms with Crippen molar-refractivity contribution in [3.05, 3.63) is 81.3 Å². The van der Waals surface area contributed by atoms with Crippen LogP contribution in [0.3, 0.4) is 0 Å². The van der Waals surface area contributed by atoms with Gasteiger partial charge in [-0.3, -0.25) is 4.79 Å². The van der Waals surface area contributed by atoms with Crippen molar-refractivity contribution in [2.75, 3.05) is 0 Å². The highest BCUT2D eigenvalue weighted by Crippen LogP contribution is 2.25. The van der Waals surface area contributed by atoms with Crippen molar-refractivity contribution >= 4 is 40.0 Å².